The van der Waals surface area contributed by atoms with Crippen molar-refractivity contribution in [3.05, 3.63) is 71.4 Å². The van der Waals surface area contributed by atoms with Crippen molar-refractivity contribution in [2.75, 3.05) is 74.3 Å². The number of ether oxygens (including phenoxy) is 2. The number of hydrogen-bond acceptors (Lipinski definition) is 9. The van der Waals surface area contributed by atoms with Gasteiger partial charge in [0, 0.05) is 69.8 Å². The van der Waals surface area contributed by atoms with Gasteiger partial charge in [0.05, 0.1) is 31.2 Å². The van der Waals surface area contributed by atoms with Gasteiger partial charge in [-0.1, -0.05) is 18.2 Å². The van der Waals surface area contributed by atoms with Crippen molar-refractivity contribution < 1.29 is 28.3 Å². The lowest BCUT2D eigenvalue weighted by atomic mass is 10.0. The number of benzene rings is 2. The molecule has 0 bridgehead atoms. The van der Waals surface area contributed by atoms with Gasteiger partial charge in [-0.25, -0.2) is 4.98 Å². The SMILES string of the molecule is CC(=O)NCCOCCOCCCC(=O)c1ccc(N2CCN(c3ccccc3C)CC2)c(NC(=O)c2coc(C3CC3)n2)c1. The monoisotopic (exact) mass is 617 g/mol. The van der Waals surface area contributed by atoms with Gasteiger partial charge in [-0.15, -0.1) is 0 Å². The van der Waals surface area contributed by atoms with Gasteiger partial charge in [0.15, 0.2) is 17.4 Å². The van der Waals surface area contributed by atoms with E-state index in [0.29, 0.717) is 68.9 Å². The van der Waals surface area contributed by atoms with Crippen LogP contribution in [-0.4, -0.2) is 81.7 Å². The molecule has 2 aromatic carbocycles. The lowest BCUT2D eigenvalue weighted by molar-refractivity contribution is -0.119. The van der Waals surface area contributed by atoms with Gasteiger partial charge in [-0.3, -0.25) is 14.4 Å². The molecule has 2 aliphatic rings. The summed E-state index contributed by atoms with van der Waals surface area (Å²) in [4.78, 5) is 46.3. The first-order valence-electron chi connectivity index (χ1n) is 15.8. The number of ketones is 1. The van der Waals surface area contributed by atoms with E-state index in [4.69, 9.17) is 13.9 Å². The van der Waals surface area contributed by atoms with E-state index in [1.54, 1.807) is 6.07 Å². The number of aryl methyl sites for hydroxylation is 1. The van der Waals surface area contributed by atoms with Crippen molar-refractivity contribution in [2.24, 2.45) is 0 Å². The fourth-order valence-electron chi connectivity index (χ4n) is 5.39. The average molecular weight is 618 g/mol. The average Bonchev–Trinajstić information content (AvgIpc) is 3.77. The minimum Gasteiger partial charge on any atom is -0.448 e. The zero-order valence-corrected chi connectivity index (χ0v) is 26.2. The van der Waals surface area contributed by atoms with Crippen LogP contribution in [0.1, 0.15) is 70.8 Å². The molecule has 0 atom stereocenters. The van der Waals surface area contributed by atoms with Gasteiger partial charge in [-0.2, -0.15) is 0 Å². The van der Waals surface area contributed by atoms with Gasteiger partial charge in [0.2, 0.25) is 5.91 Å². The molecule has 240 valence electrons. The van der Waals surface area contributed by atoms with Gasteiger partial charge in [0.1, 0.15) is 6.26 Å². The Morgan fingerprint density at radius 3 is 2.36 bits per heavy atom. The van der Waals surface area contributed by atoms with Crippen LogP contribution in [0.25, 0.3) is 0 Å². The molecular formula is C34H43N5O6. The number of piperazine rings is 1. The third-order valence-corrected chi connectivity index (χ3v) is 8.01. The second kappa shape index (κ2) is 15.7. The zero-order chi connectivity index (χ0) is 31.6. The van der Waals surface area contributed by atoms with Gasteiger partial charge >= 0.3 is 0 Å². The van der Waals surface area contributed by atoms with E-state index >= 15 is 0 Å². The minimum atomic E-state index is -0.359. The highest BCUT2D eigenvalue weighted by Crippen LogP contribution is 2.39. The normalized spacial score (nSPS) is 14.8. The lowest BCUT2D eigenvalue weighted by Gasteiger charge is -2.38. The van der Waals surface area contributed by atoms with Crippen LogP contribution in [0.4, 0.5) is 17.1 Å². The number of nitrogens with zero attached hydrogens (tertiary/aromatic N) is 3. The molecule has 0 unspecified atom stereocenters. The Bertz CT molecular complexity index is 1460. The third kappa shape index (κ3) is 9.15. The molecule has 5 rings (SSSR count). The zero-order valence-electron chi connectivity index (χ0n) is 26.2. The number of amides is 2. The summed E-state index contributed by atoms with van der Waals surface area (Å²) in [6, 6.07) is 13.9. The first-order valence-corrected chi connectivity index (χ1v) is 15.8. The van der Waals surface area contributed by atoms with Gasteiger partial charge < -0.3 is 34.3 Å². The Labute approximate surface area is 264 Å². The molecule has 1 aromatic heterocycles. The van der Waals surface area contributed by atoms with Crippen LogP contribution in [-0.2, 0) is 14.3 Å². The number of para-hydroxylation sites is 1. The van der Waals surface area contributed by atoms with Crippen LogP contribution in [0, 0.1) is 6.92 Å². The van der Waals surface area contributed by atoms with Crippen molar-refractivity contribution >= 4 is 34.7 Å². The summed E-state index contributed by atoms with van der Waals surface area (Å²) in [5, 5.41) is 5.69. The molecule has 3 aromatic rings. The van der Waals surface area contributed by atoms with E-state index in [0.717, 1.165) is 44.7 Å². The van der Waals surface area contributed by atoms with Crippen LogP contribution in [0.5, 0.6) is 0 Å². The highest BCUT2D eigenvalue weighted by molar-refractivity contribution is 6.06. The Kier molecular flexibility index (Phi) is 11.2. The molecule has 2 amide bonds. The number of nitrogens with one attached hydrogen (secondary N) is 2. The summed E-state index contributed by atoms with van der Waals surface area (Å²) in [6.45, 7) is 8.99. The standard InChI is InChI=1S/C34H43N5O6/c1-24-6-3-4-7-30(24)38-14-16-39(17-15-38)31-12-11-27(32(41)8-5-18-43-20-21-44-19-13-35-25(2)40)22-28(31)36-33(42)29-23-45-34(37-29)26-9-10-26/h3-4,6-7,11-12,22-23,26H,5,8-10,13-21H2,1-2H3,(H,35,40)(H,36,42). The number of aromatic nitrogens is 1. The summed E-state index contributed by atoms with van der Waals surface area (Å²) >= 11 is 0. The van der Waals surface area contributed by atoms with E-state index in [9.17, 15) is 14.4 Å². The number of anilines is 3. The second-order valence-electron chi connectivity index (χ2n) is 11.5. The lowest BCUT2D eigenvalue weighted by Crippen LogP contribution is -2.47. The number of hydrogen-bond donors (Lipinski definition) is 2. The summed E-state index contributed by atoms with van der Waals surface area (Å²) in [5.74, 6) is 0.448. The maximum Gasteiger partial charge on any atom is 0.277 e. The molecule has 2 heterocycles. The highest BCUT2D eigenvalue weighted by atomic mass is 16.5. The number of rotatable bonds is 16. The predicted molar refractivity (Wildman–Crippen MR) is 172 cm³/mol. The maximum absolute atomic E-state index is 13.3. The van der Waals surface area contributed by atoms with Gasteiger partial charge in [0.25, 0.3) is 5.91 Å². The molecule has 2 fully saturated rings. The van der Waals surface area contributed by atoms with E-state index in [2.05, 4.69) is 56.6 Å². The summed E-state index contributed by atoms with van der Waals surface area (Å²) in [7, 11) is 0. The third-order valence-electron chi connectivity index (χ3n) is 8.01. The minimum absolute atomic E-state index is 0.0194. The summed E-state index contributed by atoms with van der Waals surface area (Å²) in [5.41, 5.74) is 4.71. The molecule has 0 spiro atoms. The quantitative estimate of drug-likeness (QED) is 0.176. The number of Topliss-reactive ketones (excluding diaryl/α,β-unsaturated/α-hetero) is 1. The van der Waals surface area contributed by atoms with Crippen LogP contribution in [0.3, 0.4) is 0 Å². The smallest absolute Gasteiger partial charge is 0.277 e. The van der Waals surface area contributed by atoms with Crippen molar-refractivity contribution in [1.29, 1.82) is 0 Å². The molecule has 1 aliphatic carbocycles. The first-order chi connectivity index (χ1) is 21.9. The Morgan fingerprint density at radius 1 is 0.933 bits per heavy atom. The van der Waals surface area contributed by atoms with E-state index < -0.39 is 0 Å². The Morgan fingerprint density at radius 2 is 1.64 bits per heavy atom. The van der Waals surface area contributed by atoms with E-state index in [1.807, 2.05) is 12.1 Å². The number of carbonyl (C=O) groups is 3. The molecule has 1 aliphatic heterocycles. The van der Waals surface area contributed by atoms with Crippen LogP contribution >= 0.6 is 0 Å². The van der Waals surface area contributed by atoms with E-state index in [1.165, 1.54) is 24.4 Å². The fraction of sp³-hybridized carbons (Fsp3) is 0.471. The number of carbonyl (C=O) groups excluding carboxylic acids is 3. The van der Waals surface area contributed by atoms with Crippen molar-refractivity contribution in [1.82, 2.24) is 10.3 Å². The molecule has 11 heteroatoms. The first kappa shape index (κ1) is 32.2. The number of oxazole rings is 1. The van der Waals surface area contributed by atoms with Crippen molar-refractivity contribution in [3.63, 3.8) is 0 Å². The second-order valence-corrected chi connectivity index (χ2v) is 11.5. The molecular weight excluding hydrogens is 574 g/mol. The predicted octanol–water partition coefficient (Wildman–Crippen LogP) is 4.57. The fourth-order valence-corrected chi connectivity index (χ4v) is 5.39. The van der Waals surface area contributed by atoms with Crippen LogP contribution in [0.2, 0.25) is 0 Å². The maximum atomic E-state index is 13.3. The van der Waals surface area contributed by atoms with Crippen LogP contribution in [0.15, 0.2) is 53.1 Å². The molecule has 0 radical (unpaired) electrons. The topological polar surface area (TPSA) is 126 Å². The molecule has 11 nitrogen and oxygen atoms in total. The summed E-state index contributed by atoms with van der Waals surface area (Å²) in [6.07, 6.45) is 4.36. The molecule has 45 heavy (non-hydrogen) atoms. The molecule has 1 saturated heterocycles. The van der Waals surface area contributed by atoms with Gasteiger partial charge in [-0.05, 0) is 56.0 Å². The van der Waals surface area contributed by atoms with Crippen molar-refractivity contribution in [2.45, 2.75) is 45.4 Å². The Balaban J connectivity index is 1.19. The van der Waals surface area contributed by atoms with Crippen molar-refractivity contribution in [3.8, 4) is 0 Å². The van der Waals surface area contributed by atoms with E-state index in [-0.39, 0.29) is 23.3 Å². The summed E-state index contributed by atoms with van der Waals surface area (Å²) < 4.78 is 16.6. The van der Waals surface area contributed by atoms with Crippen LogP contribution < -0.4 is 20.4 Å². The largest absolute Gasteiger partial charge is 0.448 e. The molecule has 2 N–H and O–H groups in total. The Hall–Kier alpha value is -4.22. The molecule has 1 saturated carbocycles. The highest BCUT2D eigenvalue weighted by Gasteiger charge is 2.30.